The number of aliphatic hydroxyl groups excluding tert-OH is 1. The molecule has 1 aromatic heterocycles. The summed E-state index contributed by atoms with van der Waals surface area (Å²) in [6, 6.07) is 4.03. The molecule has 0 spiro atoms. The molecule has 0 saturated heterocycles. The number of amides is 2. The summed E-state index contributed by atoms with van der Waals surface area (Å²) in [6.45, 7) is 4.90. The van der Waals surface area contributed by atoms with Crippen LogP contribution in [0.5, 0.6) is 0 Å². The Balaban J connectivity index is 1.83. The van der Waals surface area contributed by atoms with E-state index < -0.39 is 23.7 Å². The van der Waals surface area contributed by atoms with Gasteiger partial charge in [-0.3, -0.25) is 14.4 Å². The second-order valence-electron chi connectivity index (χ2n) is 7.54. The molecule has 7 nitrogen and oxygen atoms in total. The summed E-state index contributed by atoms with van der Waals surface area (Å²) in [7, 11) is 1.62. The van der Waals surface area contributed by atoms with Gasteiger partial charge in [-0.1, -0.05) is 0 Å². The van der Waals surface area contributed by atoms with E-state index in [0.717, 1.165) is 0 Å². The van der Waals surface area contributed by atoms with Crippen molar-refractivity contribution in [2.45, 2.75) is 45.8 Å². The molecule has 1 fully saturated rings. The van der Waals surface area contributed by atoms with Gasteiger partial charge in [0.2, 0.25) is 0 Å². The Labute approximate surface area is 167 Å². The van der Waals surface area contributed by atoms with E-state index in [9.17, 15) is 23.9 Å². The molecule has 3 N–H and O–H groups in total. The van der Waals surface area contributed by atoms with Crippen LogP contribution in [0.15, 0.2) is 18.2 Å². The lowest BCUT2D eigenvalue weighted by molar-refractivity contribution is -0.119. The molecule has 3 rings (SSSR count). The highest BCUT2D eigenvalue weighted by molar-refractivity contribution is 6.43. The summed E-state index contributed by atoms with van der Waals surface area (Å²) >= 11 is 0. The molecule has 1 saturated carbocycles. The van der Waals surface area contributed by atoms with E-state index in [1.54, 1.807) is 27.8 Å². The van der Waals surface area contributed by atoms with E-state index in [1.165, 1.54) is 22.8 Å². The van der Waals surface area contributed by atoms with Crippen molar-refractivity contribution in [2.75, 3.05) is 5.32 Å². The van der Waals surface area contributed by atoms with Crippen LogP contribution in [0, 0.1) is 26.6 Å². The van der Waals surface area contributed by atoms with Crippen molar-refractivity contribution in [3.05, 3.63) is 52.1 Å². The minimum atomic E-state index is -0.758. The zero-order valence-corrected chi connectivity index (χ0v) is 16.8. The number of benzene rings is 1. The lowest BCUT2D eigenvalue weighted by atomic mass is 9.89. The smallest absolute Gasteiger partial charge is 0.294 e. The molecule has 0 radical (unpaired) electrons. The minimum absolute atomic E-state index is 0.139. The van der Waals surface area contributed by atoms with Gasteiger partial charge >= 0.3 is 0 Å². The Morgan fingerprint density at radius 2 is 1.83 bits per heavy atom. The summed E-state index contributed by atoms with van der Waals surface area (Å²) < 4.78 is 15.0. The van der Waals surface area contributed by atoms with E-state index in [1.807, 2.05) is 0 Å². The predicted molar refractivity (Wildman–Crippen MR) is 105 cm³/mol. The third kappa shape index (κ3) is 3.93. The number of halogens is 1. The van der Waals surface area contributed by atoms with Crippen molar-refractivity contribution in [3.63, 3.8) is 0 Å². The molecule has 2 amide bonds. The van der Waals surface area contributed by atoms with Crippen LogP contribution in [0.2, 0.25) is 0 Å². The molecule has 1 aromatic carbocycles. The van der Waals surface area contributed by atoms with Gasteiger partial charge in [0.1, 0.15) is 5.82 Å². The van der Waals surface area contributed by atoms with Crippen molar-refractivity contribution in [1.29, 1.82) is 0 Å². The molecular weight excluding hydrogens is 377 g/mol. The maximum atomic E-state index is 13.4. The number of ketones is 1. The number of hydrogen-bond acceptors (Lipinski definition) is 4. The molecule has 8 heteroatoms. The third-order valence-electron chi connectivity index (χ3n) is 5.44. The number of Topliss-reactive ketones (excluding diaryl/α,β-unsaturated/α-hetero) is 1. The van der Waals surface area contributed by atoms with Crippen LogP contribution in [0.25, 0.3) is 0 Å². The Bertz CT molecular complexity index is 1010. The van der Waals surface area contributed by atoms with Crippen molar-refractivity contribution in [2.24, 2.45) is 7.05 Å². The van der Waals surface area contributed by atoms with Gasteiger partial charge in [0.15, 0.2) is 0 Å². The fourth-order valence-electron chi connectivity index (χ4n) is 3.61. The fourth-order valence-corrected chi connectivity index (χ4v) is 3.61. The Kier molecular flexibility index (Phi) is 5.57. The van der Waals surface area contributed by atoms with E-state index >= 15 is 0 Å². The van der Waals surface area contributed by atoms with E-state index in [0.29, 0.717) is 40.9 Å². The first kappa shape index (κ1) is 20.7. The third-order valence-corrected chi connectivity index (χ3v) is 5.44. The number of carbonyl (C=O) groups is 3. The summed E-state index contributed by atoms with van der Waals surface area (Å²) in [5.74, 6) is -2.30. The lowest BCUT2D eigenvalue weighted by Gasteiger charge is -2.31. The predicted octanol–water partition coefficient (Wildman–Crippen LogP) is 2.16. The lowest BCUT2D eigenvalue weighted by Crippen LogP contribution is -2.49. The Morgan fingerprint density at radius 1 is 1.17 bits per heavy atom. The monoisotopic (exact) mass is 401 g/mol. The number of hydrogen-bond donors (Lipinski definition) is 3. The molecule has 0 atom stereocenters. The van der Waals surface area contributed by atoms with E-state index in [-0.39, 0.29) is 17.6 Å². The van der Waals surface area contributed by atoms with Gasteiger partial charge in [-0.05, 0) is 62.9 Å². The fraction of sp³-hybridized carbons (Fsp3) is 0.381. The maximum Gasteiger partial charge on any atom is 0.294 e. The molecule has 2 aromatic rings. The normalized spacial score (nSPS) is 18.1. The maximum absolute atomic E-state index is 13.4. The number of carbonyl (C=O) groups excluding carboxylic acids is 3. The number of aryl methyl sites for hydroxylation is 1. The largest absolute Gasteiger partial charge is 0.393 e. The van der Waals surface area contributed by atoms with Crippen molar-refractivity contribution in [3.8, 4) is 0 Å². The first-order valence-corrected chi connectivity index (χ1v) is 9.36. The molecule has 1 aliphatic rings. The van der Waals surface area contributed by atoms with Crippen LogP contribution >= 0.6 is 0 Å². The molecule has 154 valence electrons. The summed E-state index contributed by atoms with van der Waals surface area (Å²) in [5, 5.41) is 14.6. The van der Waals surface area contributed by atoms with Crippen molar-refractivity contribution < 1.29 is 23.9 Å². The highest BCUT2D eigenvalue weighted by Crippen LogP contribution is 2.24. The number of aromatic nitrogens is 1. The average molecular weight is 401 g/mol. The molecule has 0 aliphatic heterocycles. The van der Waals surface area contributed by atoms with Crippen LogP contribution in [-0.2, 0) is 11.8 Å². The van der Waals surface area contributed by atoms with Gasteiger partial charge in [-0.15, -0.1) is 0 Å². The Morgan fingerprint density at radius 3 is 2.41 bits per heavy atom. The number of nitrogens with zero attached hydrogens (tertiary/aromatic N) is 1. The van der Waals surface area contributed by atoms with Crippen LogP contribution < -0.4 is 10.6 Å². The number of aliphatic hydroxyl groups is 1. The average Bonchev–Trinajstić information content (AvgIpc) is 2.85. The Hall–Kier alpha value is -3.00. The van der Waals surface area contributed by atoms with Crippen LogP contribution in [-0.4, -0.2) is 39.4 Å². The van der Waals surface area contributed by atoms with Crippen LogP contribution in [0.4, 0.5) is 10.1 Å². The first-order valence-electron chi connectivity index (χ1n) is 9.36. The number of nitrogens with one attached hydrogen (secondary N) is 2. The van der Waals surface area contributed by atoms with E-state index in [2.05, 4.69) is 10.6 Å². The number of anilines is 1. The highest BCUT2D eigenvalue weighted by Gasteiger charge is 2.33. The molecule has 1 heterocycles. The zero-order chi connectivity index (χ0) is 21.5. The SMILES string of the molecule is Cc1cc(NC(=O)c2c(C)c(C(=O)C(=O)N[C@H]3C[C@H](O)C3)n(C)c2C)ccc1F. The molecule has 29 heavy (non-hydrogen) atoms. The molecule has 1 aliphatic carbocycles. The molecule has 0 bridgehead atoms. The van der Waals surface area contributed by atoms with Crippen LogP contribution in [0.1, 0.15) is 50.5 Å². The topological polar surface area (TPSA) is 100 Å². The van der Waals surface area contributed by atoms with Gasteiger partial charge in [0.25, 0.3) is 17.6 Å². The quantitative estimate of drug-likeness (QED) is 0.528. The van der Waals surface area contributed by atoms with Gasteiger partial charge in [-0.25, -0.2) is 4.39 Å². The standard InChI is InChI=1S/C21H24FN3O4/c1-10-7-13(5-6-16(10)22)23-20(28)17-11(2)18(25(4)12(17)3)19(27)21(29)24-14-8-15(26)9-14/h5-7,14-15,26H,8-9H2,1-4H3,(H,23,28)(H,24,29)/t14-,15-. The van der Waals surface area contributed by atoms with Gasteiger partial charge < -0.3 is 20.3 Å². The van der Waals surface area contributed by atoms with Crippen LogP contribution in [0.3, 0.4) is 0 Å². The second-order valence-corrected chi connectivity index (χ2v) is 7.54. The van der Waals surface area contributed by atoms with Gasteiger partial charge in [0, 0.05) is 24.5 Å². The summed E-state index contributed by atoms with van der Waals surface area (Å²) in [4.78, 5) is 37.8. The summed E-state index contributed by atoms with van der Waals surface area (Å²) in [5.41, 5.74) is 2.21. The van der Waals surface area contributed by atoms with Gasteiger partial charge in [0.05, 0.1) is 17.4 Å². The second kappa shape index (κ2) is 7.79. The first-order chi connectivity index (χ1) is 13.6. The minimum Gasteiger partial charge on any atom is -0.393 e. The van der Waals surface area contributed by atoms with Gasteiger partial charge in [-0.2, -0.15) is 0 Å². The highest BCUT2D eigenvalue weighted by atomic mass is 19.1. The molecular formula is C21H24FN3O4. The number of rotatable bonds is 5. The zero-order valence-electron chi connectivity index (χ0n) is 16.8. The summed E-state index contributed by atoms with van der Waals surface area (Å²) in [6.07, 6.45) is 0.406. The van der Waals surface area contributed by atoms with Crippen molar-refractivity contribution in [1.82, 2.24) is 9.88 Å². The van der Waals surface area contributed by atoms with Crippen molar-refractivity contribution >= 4 is 23.3 Å². The molecule has 0 unspecified atom stereocenters. The van der Waals surface area contributed by atoms with E-state index in [4.69, 9.17) is 0 Å².